The summed E-state index contributed by atoms with van der Waals surface area (Å²) >= 11 is 0. The van der Waals surface area contributed by atoms with Gasteiger partial charge in [0.1, 0.15) is 0 Å². The van der Waals surface area contributed by atoms with Gasteiger partial charge in [0.2, 0.25) is 0 Å². The molecule has 2 aliphatic rings. The van der Waals surface area contributed by atoms with Gasteiger partial charge in [-0.15, -0.1) is 0 Å². The van der Waals surface area contributed by atoms with E-state index in [1.165, 1.54) is 16.7 Å². The summed E-state index contributed by atoms with van der Waals surface area (Å²) in [7, 11) is -2.99. The van der Waals surface area contributed by atoms with Gasteiger partial charge >= 0.3 is 0 Å². The fourth-order valence-electron chi connectivity index (χ4n) is 2.80. The maximum atomic E-state index is 11.4. The van der Waals surface area contributed by atoms with E-state index in [-0.39, 0.29) is 17.8 Å². The van der Waals surface area contributed by atoms with Crippen molar-refractivity contribution in [2.45, 2.75) is 31.3 Å². The van der Waals surface area contributed by atoms with Crippen LogP contribution in [0.2, 0.25) is 0 Å². The van der Waals surface area contributed by atoms with Gasteiger partial charge in [-0.3, -0.25) is 0 Å². The van der Waals surface area contributed by atoms with Crippen LogP contribution in [-0.4, -0.2) is 18.7 Å². The Morgan fingerprint density at radius 1 is 1.41 bits per heavy atom. The Morgan fingerprint density at radius 2 is 2.24 bits per heavy atom. The highest BCUT2D eigenvalue weighted by molar-refractivity contribution is 7.94. The van der Waals surface area contributed by atoms with Gasteiger partial charge in [-0.2, -0.15) is 0 Å². The predicted octanol–water partition coefficient (Wildman–Crippen LogP) is 1.31. The molecule has 1 aliphatic heterocycles. The molecular weight excluding hydrogens is 236 g/mol. The summed E-state index contributed by atoms with van der Waals surface area (Å²) in [6.45, 7) is 0. The van der Waals surface area contributed by atoms with E-state index in [9.17, 15) is 8.42 Å². The molecule has 2 N–H and O–H groups in total. The lowest BCUT2D eigenvalue weighted by molar-refractivity contribution is 0.530. The summed E-state index contributed by atoms with van der Waals surface area (Å²) in [6, 6.07) is 2.11. The van der Waals surface area contributed by atoms with Crippen LogP contribution in [0.3, 0.4) is 0 Å². The van der Waals surface area contributed by atoms with Crippen molar-refractivity contribution in [3.8, 4) is 0 Å². The molecule has 92 valence electrons. The maximum Gasteiger partial charge on any atom is 0.173 e. The monoisotopic (exact) mass is 252 g/mol. The molecule has 1 aromatic heterocycles. The van der Waals surface area contributed by atoms with E-state index in [4.69, 9.17) is 5.73 Å². The van der Waals surface area contributed by atoms with E-state index >= 15 is 0 Å². The van der Waals surface area contributed by atoms with Gasteiger partial charge in [-0.25, -0.2) is 8.42 Å². The molecule has 0 fully saturated rings. The van der Waals surface area contributed by atoms with Crippen LogP contribution >= 0.6 is 0 Å². The van der Waals surface area contributed by atoms with Crippen LogP contribution in [0, 0.1) is 0 Å². The van der Waals surface area contributed by atoms with Crippen LogP contribution in [0.25, 0.3) is 0 Å². The highest BCUT2D eigenvalue weighted by Crippen LogP contribution is 2.32. The van der Waals surface area contributed by atoms with Crippen molar-refractivity contribution in [2.75, 3.05) is 5.75 Å². The molecule has 0 saturated heterocycles. The van der Waals surface area contributed by atoms with Gasteiger partial charge in [0.15, 0.2) is 9.84 Å². The minimum absolute atomic E-state index is 0.0472. The highest BCUT2D eigenvalue weighted by Gasteiger charge is 2.27. The number of allylic oxidation sites excluding steroid dienone is 1. The Bertz CT molecular complexity index is 571. The molecular formula is C12H16N2O2S. The van der Waals surface area contributed by atoms with Crippen molar-refractivity contribution < 1.29 is 8.42 Å². The Labute approximate surface area is 101 Å². The Morgan fingerprint density at radius 3 is 2.94 bits per heavy atom. The van der Waals surface area contributed by atoms with Crippen molar-refractivity contribution in [3.63, 3.8) is 0 Å². The van der Waals surface area contributed by atoms with Crippen molar-refractivity contribution in [2.24, 2.45) is 5.73 Å². The largest absolute Gasteiger partial charge is 0.343 e. The molecule has 0 saturated carbocycles. The summed E-state index contributed by atoms with van der Waals surface area (Å²) in [4.78, 5) is 0. The number of hydrogen-bond donors (Lipinski definition) is 1. The normalized spacial score (nSPS) is 30.4. The number of aromatic nitrogens is 1. The van der Waals surface area contributed by atoms with Crippen molar-refractivity contribution in [3.05, 3.63) is 35.0 Å². The molecule has 2 heterocycles. The van der Waals surface area contributed by atoms with Crippen molar-refractivity contribution in [1.29, 1.82) is 0 Å². The summed E-state index contributed by atoms with van der Waals surface area (Å²) in [6.07, 6.45) is 6.86. The third-order valence-electron chi connectivity index (χ3n) is 3.66. The summed E-state index contributed by atoms with van der Waals surface area (Å²) < 4.78 is 25.0. The molecule has 1 aromatic rings. The lowest BCUT2D eigenvalue weighted by Gasteiger charge is -2.22. The third-order valence-corrected chi connectivity index (χ3v) is 5.03. The minimum atomic E-state index is -2.99. The molecule has 2 atom stereocenters. The third kappa shape index (κ3) is 1.83. The van der Waals surface area contributed by atoms with E-state index in [0.29, 0.717) is 0 Å². The Hall–Kier alpha value is -1.07. The van der Waals surface area contributed by atoms with E-state index < -0.39 is 9.84 Å². The number of rotatable bonds is 1. The number of nitrogens with zero attached hydrogens (tertiary/aromatic N) is 1. The average Bonchev–Trinajstić information content (AvgIpc) is 2.82. The van der Waals surface area contributed by atoms with Crippen LogP contribution in [-0.2, 0) is 16.3 Å². The van der Waals surface area contributed by atoms with E-state index in [2.05, 4.69) is 4.57 Å². The second-order valence-electron chi connectivity index (χ2n) is 4.85. The van der Waals surface area contributed by atoms with Gasteiger partial charge in [0.05, 0.1) is 11.8 Å². The van der Waals surface area contributed by atoms with Gasteiger partial charge in [-0.05, 0) is 37.0 Å². The molecule has 3 rings (SSSR count). The van der Waals surface area contributed by atoms with Gasteiger partial charge in [0, 0.05) is 23.3 Å². The zero-order valence-corrected chi connectivity index (χ0v) is 10.4. The molecule has 0 bridgehead atoms. The van der Waals surface area contributed by atoms with Gasteiger partial charge in [-0.1, -0.05) is 0 Å². The molecule has 5 heteroatoms. The topological polar surface area (TPSA) is 65.1 Å². The van der Waals surface area contributed by atoms with Crippen molar-refractivity contribution in [1.82, 2.24) is 4.57 Å². The zero-order valence-electron chi connectivity index (χ0n) is 9.54. The van der Waals surface area contributed by atoms with Gasteiger partial charge in [0.25, 0.3) is 0 Å². The molecule has 0 spiro atoms. The molecule has 17 heavy (non-hydrogen) atoms. The first-order valence-electron chi connectivity index (χ1n) is 5.93. The number of sulfone groups is 1. The van der Waals surface area contributed by atoms with Crippen LogP contribution < -0.4 is 5.73 Å². The molecule has 0 amide bonds. The lowest BCUT2D eigenvalue weighted by Crippen LogP contribution is -2.20. The van der Waals surface area contributed by atoms with Crippen LogP contribution in [0.5, 0.6) is 0 Å². The quantitative estimate of drug-likeness (QED) is 0.819. The molecule has 2 unspecified atom stereocenters. The first-order chi connectivity index (χ1) is 8.07. The first kappa shape index (κ1) is 11.0. The predicted molar refractivity (Wildman–Crippen MR) is 66.3 cm³/mol. The Balaban J connectivity index is 1.98. The van der Waals surface area contributed by atoms with Crippen molar-refractivity contribution >= 4 is 9.84 Å². The maximum absolute atomic E-state index is 11.4. The number of fused-ring (bicyclic) bond motifs is 1. The van der Waals surface area contributed by atoms with Crippen LogP contribution in [0.15, 0.2) is 23.7 Å². The molecule has 0 radical (unpaired) electrons. The van der Waals surface area contributed by atoms with E-state index in [0.717, 1.165) is 19.3 Å². The SMILES string of the molecule is NC1CCCc2c1ccn2C1C=CS(=O)(=O)C1. The highest BCUT2D eigenvalue weighted by atomic mass is 32.2. The second-order valence-corrected chi connectivity index (χ2v) is 6.78. The standard InChI is InChI=1S/C12H16N2O2S/c13-11-2-1-3-12-10(11)4-6-14(12)9-5-7-17(15,16)8-9/h4-7,9,11H,1-3,8,13H2. The van der Waals surface area contributed by atoms with E-state index in [1.807, 2.05) is 12.3 Å². The smallest absolute Gasteiger partial charge is 0.173 e. The molecule has 1 aliphatic carbocycles. The van der Waals surface area contributed by atoms with Crippen LogP contribution in [0.1, 0.15) is 36.2 Å². The van der Waals surface area contributed by atoms with E-state index in [1.54, 1.807) is 6.08 Å². The molecule has 4 nitrogen and oxygen atoms in total. The zero-order chi connectivity index (χ0) is 12.0. The minimum Gasteiger partial charge on any atom is -0.343 e. The number of hydrogen-bond acceptors (Lipinski definition) is 3. The average molecular weight is 252 g/mol. The second kappa shape index (κ2) is 3.71. The Kier molecular flexibility index (Phi) is 2.41. The fourth-order valence-corrected chi connectivity index (χ4v) is 4.07. The fraction of sp³-hybridized carbons (Fsp3) is 0.500. The first-order valence-corrected chi connectivity index (χ1v) is 7.64. The summed E-state index contributed by atoms with van der Waals surface area (Å²) in [5, 5.41) is 1.33. The summed E-state index contributed by atoms with van der Waals surface area (Å²) in [5.74, 6) is 0.184. The lowest BCUT2D eigenvalue weighted by atomic mass is 9.93. The molecule has 0 aromatic carbocycles. The van der Waals surface area contributed by atoms with Gasteiger partial charge < -0.3 is 10.3 Å². The van der Waals surface area contributed by atoms with Crippen LogP contribution in [0.4, 0.5) is 0 Å². The summed E-state index contributed by atoms with van der Waals surface area (Å²) in [5.41, 5.74) is 8.47. The number of nitrogens with two attached hydrogens (primary N) is 1.